The molecule has 8 nitrogen and oxygen atoms in total. The van der Waals surface area contributed by atoms with Crippen molar-refractivity contribution in [1.82, 2.24) is 14.1 Å². The number of nitrogens with zero attached hydrogens (tertiary/aromatic N) is 3. The summed E-state index contributed by atoms with van der Waals surface area (Å²) in [7, 11) is -1.89. The summed E-state index contributed by atoms with van der Waals surface area (Å²) in [5, 5.41) is 6.93. The highest BCUT2D eigenvalue weighted by molar-refractivity contribution is 7.89. The van der Waals surface area contributed by atoms with Crippen molar-refractivity contribution in [3.63, 3.8) is 0 Å². The lowest BCUT2D eigenvalue weighted by Gasteiger charge is -2.32. The molecule has 1 unspecified atom stereocenters. The van der Waals surface area contributed by atoms with Gasteiger partial charge in [-0.3, -0.25) is 9.48 Å². The van der Waals surface area contributed by atoms with Gasteiger partial charge in [0.05, 0.1) is 29.2 Å². The third-order valence-electron chi connectivity index (χ3n) is 5.24. The molecule has 4 rings (SSSR count). The van der Waals surface area contributed by atoms with Crippen molar-refractivity contribution in [1.29, 1.82) is 0 Å². The van der Waals surface area contributed by atoms with Gasteiger partial charge in [-0.15, -0.1) is 0 Å². The Morgan fingerprint density at radius 3 is 2.81 bits per heavy atom. The fourth-order valence-corrected chi connectivity index (χ4v) is 4.96. The molecule has 0 radical (unpaired) electrons. The van der Waals surface area contributed by atoms with Gasteiger partial charge in [-0.05, 0) is 37.6 Å². The maximum atomic E-state index is 13.2. The van der Waals surface area contributed by atoms with Crippen LogP contribution >= 0.6 is 0 Å². The summed E-state index contributed by atoms with van der Waals surface area (Å²) >= 11 is 0. The van der Waals surface area contributed by atoms with E-state index in [4.69, 9.17) is 4.74 Å². The molecule has 27 heavy (non-hydrogen) atoms. The first-order valence-corrected chi connectivity index (χ1v) is 10.2. The second-order valence-corrected chi connectivity index (χ2v) is 9.39. The van der Waals surface area contributed by atoms with E-state index in [-0.39, 0.29) is 30.0 Å². The molecule has 9 heteroatoms. The maximum Gasteiger partial charge on any atom is 0.243 e. The van der Waals surface area contributed by atoms with Crippen molar-refractivity contribution in [2.75, 3.05) is 25.0 Å². The van der Waals surface area contributed by atoms with Crippen molar-refractivity contribution >= 4 is 21.6 Å². The van der Waals surface area contributed by atoms with Crippen molar-refractivity contribution in [2.45, 2.75) is 30.3 Å². The maximum absolute atomic E-state index is 13.2. The molecular weight excluding hydrogens is 368 g/mol. The van der Waals surface area contributed by atoms with Crippen LogP contribution in [0, 0.1) is 0 Å². The van der Waals surface area contributed by atoms with Crippen LogP contribution in [-0.2, 0) is 32.0 Å². The molecule has 0 spiro atoms. The molecule has 0 aliphatic carbocycles. The van der Waals surface area contributed by atoms with E-state index >= 15 is 0 Å². The SMILES string of the molecule is Cn1cc(C2CN(S(=O)(=O)c3ccc4c(c3)C(C)(C)C(=O)N4)CCO2)cn1. The van der Waals surface area contributed by atoms with E-state index < -0.39 is 15.4 Å². The van der Waals surface area contributed by atoms with Gasteiger partial charge in [0.1, 0.15) is 0 Å². The molecule has 144 valence electrons. The Labute approximate surface area is 158 Å². The summed E-state index contributed by atoms with van der Waals surface area (Å²) in [5.74, 6) is -0.130. The summed E-state index contributed by atoms with van der Waals surface area (Å²) in [6.45, 7) is 4.41. The number of rotatable bonds is 3. The Bertz CT molecular complexity index is 1010. The summed E-state index contributed by atoms with van der Waals surface area (Å²) in [4.78, 5) is 12.3. The van der Waals surface area contributed by atoms with Gasteiger partial charge in [-0.2, -0.15) is 9.40 Å². The minimum atomic E-state index is -3.70. The number of hydrogen-bond acceptors (Lipinski definition) is 5. The van der Waals surface area contributed by atoms with E-state index in [1.54, 1.807) is 42.9 Å². The second-order valence-electron chi connectivity index (χ2n) is 7.46. The van der Waals surface area contributed by atoms with Gasteiger partial charge in [0.25, 0.3) is 0 Å². The van der Waals surface area contributed by atoms with E-state index in [1.165, 1.54) is 4.31 Å². The summed E-state index contributed by atoms with van der Waals surface area (Å²) < 4.78 is 35.3. The largest absolute Gasteiger partial charge is 0.371 e. The molecule has 1 saturated heterocycles. The molecule has 1 aromatic heterocycles. The molecule has 1 amide bonds. The van der Waals surface area contributed by atoms with E-state index in [9.17, 15) is 13.2 Å². The zero-order valence-corrected chi connectivity index (χ0v) is 16.3. The normalized spacial score (nSPS) is 22.5. The third kappa shape index (κ3) is 2.95. The number of fused-ring (bicyclic) bond motifs is 1. The van der Waals surface area contributed by atoms with Crippen LogP contribution in [-0.4, -0.2) is 48.1 Å². The summed E-state index contributed by atoms with van der Waals surface area (Å²) in [6.07, 6.45) is 3.17. The highest BCUT2D eigenvalue weighted by Gasteiger charge is 2.40. The van der Waals surface area contributed by atoms with Crippen LogP contribution in [0.2, 0.25) is 0 Å². The van der Waals surface area contributed by atoms with Gasteiger partial charge in [-0.25, -0.2) is 8.42 Å². The number of anilines is 1. The molecule has 0 bridgehead atoms. The lowest BCUT2D eigenvalue weighted by Crippen LogP contribution is -2.42. The van der Waals surface area contributed by atoms with Crippen molar-refractivity contribution < 1.29 is 17.9 Å². The number of hydrogen-bond donors (Lipinski definition) is 1. The molecule has 1 N–H and O–H groups in total. The lowest BCUT2D eigenvalue weighted by molar-refractivity contribution is -0.119. The summed E-state index contributed by atoms with van der Waals surface area (Å²) in [6, 6.07) is 4.81. The fourth-order valence-electron chi connectivity index (χ4n) is 3.51. The highest BCUT2D eigenvalue weighted by Crippen LogP contribution is 2.39. The average molecular weight is 390 g/mol. The Morgan fingerprint density at radius 1 is 1.33 bits per heavy atom. The molecule has 2 aliphatic rings. The number of sulfonamides is 1. The molecule has 2 aromatic rings. The smallest absolute Gasteiger partial charge is 0.243 e. The quantitative estimate of drug-likeness (QED) is 0.855. The van der Waals surface area contributed by atoms with Gasteiger partial charge in [0, 0.05) is 37.6 Å². The van der Waals surface area contributed by atoms with Crippen LogP contribution < -0.4 is 5.32 Å². The first-order valence-electron chi connectivity index (χ1n) is 8.76. The van der Waals surface area contributed by atoms with Crippen molar-refractivity contribution in [2.24, 2.45) is 7.05 Å². The van der Waals surface area contributed by atoms with Crippen LogP contribution in [0.4, 0.5) is 5.69 Å². The van der Waals surface area contributed by atoms with Crippen LogP contribution in [0.1, 0.15) is 31.1 Å². The zero-order chi connectivity index (χ0) is 19.4. The van der Waals surface area contributed by atoms with Crippen LogP contribution in [0.5, 0.6) is 0 Å². The predicted molar refractivity (Wildman–Crippen MR) is 98.8 cm³/mol. The fraction of sp³-hybridized carbons (Fsp3) is 0.444. The zero-order valence-electron chi connectivity index (χ0n) is 15.5. The molecule has 3 heterocycles. The molecule has 1 atom stereocenters. The van der Waals surface area contributed by atoms with E-state index in [1.807, 2.05) is 13.2 Å². The first kappa shape index (κ1) is 18.1. The topological polar surface area (TPSA) is 93.5 Å². The molecule has 0 saturated carbocycles. The highest BCUT2D eigenvalue weighted by atomic mass is 32.2. The van der Waals surface area contributed by atoms with Crippen LogP contribution in [0.3, 0.4) is 0 Å². The Kier molecular flexibility index (Phi) is 4.13. The standard InChI is InChI=1S/C18H22N4O4S/c1-18(2)14-8-13(4-5-15(14)20-17(18)23)27(24,25)22-6-7-26-16(11-22)12-9-19-21(3)10-12/h4-5,8-10,16H,6-7,11H2,1-3H3,(H,20,23). The first-order chi connectivity index (χ1) is 12.7. The number of morpholine rings is 1. The number of aromatic nitrogens is 2. The van der Waals surface area contributed by atoms with E-state index in [0.717, 1.165) is 5.56 Å². The van der Waals surface area contributed by atoms with E-state index in [0.29, 0.717) is 17.9 Å². The number of amides is 1. The van der Waals surface area contributed by atoms with Crippen molar-refractivity contribution in [3.8, 4) is 0 Å². The Balaban J connectivity index is 1.64. The predicted octanol–water partition coefficient (Wildman–Crippen LogP) is 1.41. The lowest BCUT2D eigenvalue weighted by atomic mass is 9.86. The number of carbonyl (C=O) groups excluding carboxylic acids is 1. The monoisotopic (exact) mass is 390 g/mol. The van der Waals surface area contributed by atoms with Crippen molar-refractivity contribution in [3.05, 3.63) is 41.7 Å². The number of carbonyl (C=O) groups is 1. The van der Waals surface area contributed by atoms with Gasteiger partial charge in [-0.1, -0.05) is 0 Å². The summed E-state index contributed by atoms with van der Waals surface area (Å²) in [5.41, 5.74) is 1.46. The molecular formula is C18H22N4O4S. The van der Waals surface area contributed by atoms with Gasteiger partial charge in [0.2, 0.25) is 15.9 Å². The number of ether oxygens (including phenoxy) is 1. The number of benzene rings is 1. The van der Waals surface area contributed by atoms with Crippen LogP contribution in [0.25, 0.3) is 0 Å². The Morgan fingerprint density at radius 2 is 2.11 bits per heavy atom. The van der Waals surface area contributed by atoms with Gasteiger partial charge >= 0.3 is 0 Å². The number of nitrogens with one attached hydrogen (secondary N) is 1. The van der Waals surface area contributed by atoms with Gasteiger partial charge in [0.15, 0.2) is 0 Å². The van der Waals surface area contributed by atoms with E-state index in [2.05, 4.69) is 10.4 Å². The minimum Gasteiger partial charge on any atom is -0.371 e. The second kappa shape index (κ2) is 6.15. The Hall–Kier alpha value is -2.23. The minimum absolute atomic E-state index is 0.130. The third-order valence-corrected chi connectivity index (χ3v) is 7.10. The van der Waals surface area contributed by atoms with Gasteiger partial charge < -0.3 is 10.1 Å². The molecule has 1 fully saturated rings. The van der Waals surface area contributed by atoms with Crippen LogP contribution in [0.15, 0.2) is 35.5 Å². The number of aryl methyl sites for hydroxylation is 1. The molecule has 1 aromatic carbocycles. The average Bonchev–Trinajstić information content (AvgIpc) is 3.16. The molecule has 2 aliphatic heterocycles.